The third-order valence-electron chi connectivity index (χ3n) is 9.31. The Hall–Kier alpha value is -2.91. The number of cyclic esters (lactones) is 1. The van der Waals surface area contributed by atoms with Gasteiger partial charge in [-0.15, -0.1) is 0 Å². The molecule has 300 valence electrons. The van der Waals surface area contributed by atoms with Gasteiger partial charge in [0, 0.05) is 25.7 Å². The van der Waals surface area contributed by atoms with Crippen molar-refractivity contribution in [2.75, 3.05) is 6.61 Å². The van der Waals surface area contributed by atoms with Crippen LogP contribution < -0.4 is 0 Å². The molecular weight excluding hydrogens is 664 g/mol. The SMILES string of the molecule is CCCCCCCCC(=O)OC[C@H](OC(=O)CCCCCCCC)[C@H]1OC(=O)C(OC(=O)CCCCCCCC)=C1OC(=O)CCCCCCCC. The van der Waals surface area contributed by atoms with Crippen molar-refractivity contribution in [1.82, 2.24) is 0 Å². The summed E-state index contributed by atoms with van der Waals surface area (Å²) in [7, 11) is 0. The molecule has 0 bridgehead atoms. The van der Waals surface area contributed by atoms with Crippen LogP contribution in [0.3, 0.4) is 0 Å². The van der Waals surface area contributed by atoms with E-state index in [4.69, 9.17) is 23.7 Å². The molecule has 0 saturated heterocycles. The van der Waals surface area contributed by atoms with Gasteiger partial charge in [0.1, 0.15) is 6.61 Å². The van der Waals surface area contributed by atoms with Crippen molar-refractivity contribution in [2.24, 2.45) is 0 Å². The third-order valence-corrected chi connectivity index (χ3v) is 9.31. The van der Waals surface area contributed by atoms with Crippen molar-refractivity contribution in [3.8, 4) is 0 Å². The van der Waals surface area contributed by atoms with Gasteiger partial charge in [0.15, 0.2) is 6.10 Å². The number of ether oxygens (including phenoxy) is 5. The molecule has 10 heteroatoms. The van der Waals surface area contributed by atoms with Crippen LogP contribution in [0.5, 0.6) is 0 Å². The van der Waals surface area contributed by atoms with E-state index in [0.29, 0.717) is 25.7 Å². The zero-order chi connectivity index (χ0) is 38.2. The Morgan fingerprint density at radius 1 is 0.500 bits per heavy atom. The molecule has 0 unspecified atom stereocenters. The van der Waals surface area contributed by atoms with Crippen LogP contribution in [-0.2, 0) is 47.7 Å². The molecule has 0 N–H and O–H groups in total. The van der Waals surface area contributed by atoms with Crippen LogP contribution in [0.4, 0.5) is 0 Å². The first-order valence-electron chi connectivity index (χ1n) is 21.0. The van der Waals surface area contributed by atoms with Crippen LogP contribution in [-0.4, -0.2) is 48.7 Å². The summed E-state index contributed by atoms with van der Waals surface area (Å²) in [6, 6.07) is 0. The van der Waals surface area contributed by atoms with E-state index in [-0.39, 0.29) is 31.4 Å². The highest BCUT2D eigenvalue weighted by atomic mass is 16.7. The molecule has 0 aromatic carbocycles. The standard InChI is InChI=1S/C42H72O10/c1-5-9-13-17-21-25-29-35(43)48-33-34(49-36(44)30-26-22-18-14-10-6-2)39-40(50-37(45)31-27-23-19-15-11-7-3)41(42(47)52-39)51-38(46)32-28-24-20-16-12-8-4/h34,39H,5-33H2,1-4H3/t34-,39+/m0/s1. The Bertz CT molecular complexity index is 1040. The Morgan fingerprint density at radius 2 is 0.865 bits per heavy atom. The second-order valence-corrected chi connectivity index (χ2v) is 14.2. The fourth-order valence-electron chi connectivity index (χ4n) is 6.09. The maximum absolute atomic E-state index is 13.2. The van der Waals surface area contributed by atoms with E-state index in [2.05, 4.69) is 27.7 Å². The van der Waals surface area contributed by atoms with Crippen molar-refractivity contribution in [1.29, 1.82) is 0 Å². The molecule has 52 heavy (non-hydrogen) atoms. The molecule has 0 fully saturated rings. The molecule has 1 heterocycles. The molecular formula is C42H72O10. The number of rotatable bonds is 34. The summed E-state index contributed by atoms with van der Waals surface area (Å²) in [4.78, 5) is 64.9. The monoisotopic (exact) mass is 737 g/mol. The highest BCUT2D eigenvalue weighted by molar-refractivity contribution is 5.93. The Balaban J connectivity index is 3.12. The van der Waals surface area contributed by atoms with Crippen LogP contribution in [0.1, 0.15) is 207 Å². The Morgan fingerprint density at radius 3 is 1.31 bits per heavy atom. The van der Waals surface area contributed by atoms with E-state index in [1.165, 1.54) is 0 Å². The van der Waals surface area contributed by atoms with Crippen molar-refractivity contribution in [2.45, 2.75) is 220 Å². The number of carbonyl (C=O) groups is 5. The number of hydrogen-bond acceptors (Lipinski definition) is 10. The molecule has 2 atom stereocenters. The summed E-state index contributed by atoms with van der Waals surface area (Å²) in [5, 5.41) is 0. The average molecular weight is 737 g/mol. The van der Waals surface area contributed by atoms with E-state index in [1.54, 1.807) is 0 Å². The second-order valence-electron chi connectivity index (χ2n) is 14.2. The third kappa shape index (κ3) is 22.9. The van der Waals surface area contributed by atoms with Crippen molar-refractivity contribution >= 4 is 29.8 Å². The molecule has 0 radical (unpaired) electrons. The van der Waals surface area contributed by atoms with Crippen LogP contribution >= 0.6 is 0 Å². The van der Waals surface area contributed by atoms with Crippen LogP contribution in [0, 0.1) is 0 Å². The molecule has 0 spiro atoms. The number of esters is 5. The minimum Gasteiger partial charge on any atom is -0.462 e. The first-order chi connectivity index (χ1) is 25.3. The van der Waals surface area contributed by atoms with Crippen LogP contribution in [0.15, 0.2) is 11.5 Å². The van der Waals surface area contributed by atoms with E-state index >= 15 is 0 Å². The van der Waals surface area contributed by atoms with Gasteiger partial charge in [0.05, 0.1) is 0 Å². The van der Waals surface area contributed by atoms with Gasteiger partial charge in [0.2, 0.25) is 11.9 Å². The van der Waals surface area contributed by atoms with Gasteiger partial charge in [0.25, 0.3) is 5.76 Å². The van der Waals surface area contributed by atoms with E-state index < -0.39 is 54.4 Å². The second kappa shape index (κ2) is 31.6. The molecule has 1 rings (SSSR count). The summed E-state index contributed by atoms with van der Waals surface area (Å²) < 4.78 is 28.1. The molecule has 0 aromatic rings. The van der Waals surface area contributed by atoms with Crippen LogP contribution in [0.25, 0.3) is 0 Å². The van der Waals surface area contributed by atoms with Crippen molar-refractivity contribution in [3.05, 3.63) is 11.5 Å². The smallest absolute Gasteiger partial charge is 0.379 e. The predicted octanol–water partition coefficient (Wildman–Crippen LogP) is 10.7. The lowest BCUT2D eigenvalue weighted by Gasteiger charge is -2.24. The fourth-order valence-corrected chi connectivity index (χ4v) is 6.09. The summed E-state index contributed by atoms with van der Waals surface area (Å²) in [5.74, 6) is -4.11. The lowest BCUT2D eigenvalue weighted by molar-refractivity contribution is -0.172. The van der Waals surface area contributed by atoms with Gasteiger partial charge in [-0.1, -0.05) is 156 Å². The van der Waals surface area contributed by atoms with E-state index in [0.717, 1.165) is 128 Å². The van der Waals surface area contributed by atoms with Gasteiger partial charge < -0.3 is 23.7 Å². The summed E-state index contributed by atoms with van der Waals surface area (Å²) >= 11 is 0. The van der Waals surface area contributed by atoms with E-state index in [1.807, 2.05) is 0 Å². The van der Waals surface area contributed by atoms with E-state index in [9.17, 15) is 24.0 Å². The zero-order valence-electron chi connectivity index (χ0n) is 33.2. The molecule has 0 aliphatic carbocycles. The molecule has 1 aliphatic heterocycles. The quantitative estimate of drug-likeness (QED) is 0.0357. The topological polar surface area (TPSA) is 132 Å². The number of carbonyl (C=O) groups excluding carboxylic acids is 5. The highest BCUT2D eigenvalue weighted by Gasteiger charge is 2.46. The van der Waals surface area contributed by atoms with Crippen LogP contribution in [0.2, 0.25) is 0 Å². The van der Waals surface area contributed by atoms with Gasteiger partial charge in [-0.25, -0.2) is 4.79 Å². The Kier molecular flexibility index (Phi) is 28.6. The van der Waals surface area contributed by atoms with Gasteiger partial charge >= 0.3 is 29.8 Å². The largest absolute Gasteiger partial charge is 0.462 e. The molecule has 1 aliphatic rings. The van der Waals surface area contributed by atoms with Gasteiger partial charge in [-0.2, -0.15) is 0 Å². The van der Waals surface area contributed by atoms with Crippen molar-refractivity contribution in [3.63, 3.8) is 0 Å². The fraction of sp³-hybridized carbons (Fsp3) is 0.833. The highest BCUT2D eigenvalue weighted by Crippen LogP contribution is 2.31. The summed E-state index contributed by atoms with van der Waals surface area (Å²) in [5.41, 5.74) is 0. The minimum absolute atomic E-state index is 0.0826. The first-order valence-corrected chi connectivity index (χ1v) is 21.0. The maximum Gasteiger partial charge on any atom is 0.379 e. The Labute approximate surface area is 314 Å². The summed E-state index contributed by atoms with van der Waals surface area (Å²) in [6.07, 6.45) is 21.2. The molecule has 10 nitrogen and oxygen atoms in total. The lowest BCUT2D eigenvalue weighted by atomic mass is 10.1. The first kappa shape index (κ1) is 47.1. The van der Waals surface area contributed by atoms with Gasteiger partial charge in [-0.05, 0) is 25.7 Å². The predicted molar refractivity (Wildman–Crippen MR) is 202 cm³/mol. The zero-order valence-corrected chi connectivity index (χ0v) is 33.2. The van der Waals surface area contributed by atoms with Crippen molar-refractivity contribution < 1.29 is 47.7 Å². The number of unbranched alkanes of at least 4 members (excludes halogenated alkanes) is 20. The molecule has 0 saturated carbocycles. The normalized spacial score (nSPS) is 14.6. The molecule has 0 aromatic heterocycles. The maximum atomic E-state index is 13.2. The summed E-state index contributed by atoms with van der Waals surface area (Å²) in [6.45, 7) is 8.16. The molecule has 0 amide bonds. The number of hydrogen-bond donors (Lipinski definition) is 0. The van der Waals surface area contributed by atoms with Gasteiger partial charge in [-0.3, -0.25) is 19.2 Å². The minimum atomic E-state index is -1.42. The lowest BCUT2D eigenvalue weighted by Crippen LogP contribution is -2.38. The average Bonchev–Trinajstić information content (AvgIpc) is 3.42.